The summed E-state index contributed by atoms with van der Waals surface area (Å²) in [6.07, 6.45) is 57.1. The second-order valence-electron chi connectivity index (χ2n) is 26.7. The van der Waals surface area contributed by atoms with E-state index in [1.54, 1.807) is 12.1 Å². The van der Waals surface area contributed by atoms with Crippen LogP contribution in [0, 0.1) is 35.5 Å². The molecule has 0 N–H and O–H groups in total. The van der Waals surface area contributed by atoms with Crippen LogP contribution in [0.2, 0.25) is 0 Å². The van der Waals surface area contributed by atoms with Crippen LogP contribution >= 0.6 is 0 Å². The van der Waals surface area contributed by atoms with E-state index >= 15 is 0 Å². The van der Waals surface area contributed by atoms with Crippen molar-refractivity contribution in [3.05, 3.63) is 148 Å². The van der Waals surface area contributed by atoms with Gasteiger partial charge in [-0.15, -0.1) is 0 Å². The normalized spacial score (nSPS) is 10.9. The number of hydrogen-bond donors (Lipinski definition) is 0. The Morgan fingerprint density at radius 2 is 0.474 bits per heavy atom. The summed E-state index contributed by atoms with van der Waals surface area (Å²) >= 11 is 0. The molecule has 0 saturated carbocycles. The van der Waals surface area contributed by atoms with Crippen LogP contribution in [0.4, 0.5) is 0 Å². The highest BCUT2D eigenvalue weighted by Crippen LogP contribution is 2.27. The van der Waals surface area contributed by atoms with Crippen molar-refractivity contribution in [1.29, 1.82) is 0 Å². The average Bonchev–Trinajstić information content (AvgIpc) is 1.90. The number of unbranched alkanes of at least 4 members (excludes halogenated alkanes) is 40. The van der Waals surface area contributed by atoms with Crippen LogP contribution in [0.5, 0.6) is 28.7 Å². The van der Waals surface area contributed by atoms with Crippen molar-refractivity contribution in [2.24, 2.45) is 0 Å². The van der Waals surface area contributed by atoms with Crippen LogP contribution in [0.25, 0.3) is 0 Å². The number of benzene rings is 5. The van der Waals surface area contributed by atoms with E-state index in [2.05, 4.69) is 63.2 Å². The number of carbonyl (C=O) groups is 1. The lowest BCUT2D eigenvalue weighted by molar-refractivity contribution is 0.0734. The third-order valence-electron chi connectivity index (χ3n) is 18.1. The molecule has 5 rings (SSSR count). The van der Waals surface area contributed by atoms with Gasteiger partial charge in [0, 0.05) is 27.8 Å². The van der Waals surface area contributed by atoms with Crippen molar-refractivity contribution < 1.29 is 28.5 Å². The van der Waals surface area contributed by atoms with Gasteiger partial charge in [0.1, 0.15) is 28.7 Å². The van der Waals surface area contributed by atoms with Crippen LogP contribution in [0.15, 0.2) is 109 Å². The van der Waals surface area contributed by atoms with E-state index < -0.39 is 5.97 Å². The fourth-order valence-corrected chi connectivity index (χ4v) is 12.0. The summed E-state index contributed by atoms with van der Waals surface area (Å²) in [6.45, 7) is 11.9. The molecule has 0 aromatic heterocycles. The Hall–Kier alpha value is -6.55. The molecule has 0 amide bonds. The highest BCUT2D eigenvalue weighted by atomic mass is 16.5. The Morgan fingerprint density at radius 1 is 0.253 bits per heavy atom. The summed E-state index contributed by atoms with van der Waals surface area (Å²) in [5.41, 5.74) is 4.67. The van der Waals surface area contributed by atoms with Crippen molar-refractivity contribution in [2.75, 3.05) is 26.4 Å². The highest BCUT2D eigenvalue weighted by Gasteiger charge is 2.15. The molecule has 5 aromatic rings. The van der Waals surface area contributed by atoms with Gasteiger partial charge in [0.25, 0.3) is 0 Å². The van der Waals surface area contributed by atoms with Crippen LogP contribution < -0.4 is 23.7 Å². The van der Waals surface area contributed by atoms with E-state index in [0.717, 1.165) is 71.8 Å². The van der Waals surface area contributed by atoms with Gasteiger partial charge in [-0.2, -0.15) is 0 Å². The molecule has 6 heteroatoms. The third-order valence-corrected chi connectivity index (χ3v) is 18.1. The first-order chi connectivity index (χ1) is 47.0. The SMILES string of the molecule is CCCCCCCCCCCCCOc1ccc(C#Cc2cc(C#Cc3ccc(OCCCCCCCCCCCCC)cc3)c(OC(=O)c3ccc(OCCCCCCCCCCCCC)cc3)cc2C#Cc2ccc(OCCCCCCCCCCCCC)cc2)cc1. The van der Waals surface area contributed by atoms with E-state index in [1.165, 1.54) is 250 Å². The Balaban J connectivity index is 1.31. The molecule has 0 fully saturated rings. The van der Waals surface area contributed by atoms with E-state index in [1.807, 2.05) is 97.1 Å². The van der Waals surface area contributed by atoms with E-state index in [4.69, 9.17) is 23.7 Å². The lowest BCUT2D eigenvalue weighted by atomic mass is 10.0. The second kappa shape index (κ2) is 54.6. The summed E-state index contributed by atoms with van der Waals surface area (Å²) in [4.78, 5) is 14.2. The molecule has 6 nitrogen and oxygen atoms in total. The maximum absolute atomic E-state index is 14.2. The molecule has 0 saturated heterocycles. The topological polar surface area (TPSA) is 63.2 Å². The summed E-state index contributed by atoms with van der Waals surface area (Å²) in [6, 6.07) is 34.9. The van der Waals surface area contributed by atoms with Gasteiger partial charge in [-0.1, -0.05) is 320 Å². The number of esters is 1. The van der Waals surface area contributed by atoms with Gasteiger partial charge >= 0.3 is 5.97 Å². The molecular weight excluding hydrogens is 1160 g/mol. The molecule has 0 bridgehead atoms. The summed E-state index contributed by atoms with van der Waals surface area (Å²) in [5, 5.41) is 0. The van der Waals surface area contributed by atoms with Crippen LogP contribution in [0.1, 0.15) is 354 Å². The van der Waals surface area contributed by atoms with Crippen molar-refractivity contribution in [3.63, 3.8) is 0 Å². The Morgan fingerprint density at radius 3 is 0.737 bits per heavy atom. The molecule has 95 heavy (non-hydrogen) atoms. The molecule has 0 unspecified atom stereocenters. The molecular formula is C89H126O6. The summed E-state index contributed by atoms with van der Waals surface area (Å²) in [7, 11) is 0. The quantitative estimate of drug-likeness (QED) is 0.0167. The fraction of sp³-hybridized carbons (Fsp3) is 0.584. The molecule has 0 radical (unpaired) electrons. The predicted octanol–water partition coefficient (Wildman–Crippen LogP) is 25.9. The Bertz CT molecular complexity index is 2900. The smallest absolute Gasteiger partial charge is 0.343 e. The molecule has 518 valence electrons. The van der Waals surface area contributed by atoms with Gasteiger partial charge in [0.05, 0.1) is 37.6 Å². The zero-order valence-corrected chi connectivity index (χ0v) is 60.3. The maximum Gasteiger partial charge on any atom is 0.343 e. The van der Waals surface area contributed by atoms with E-state index in [0.29, 0.717) is 54.4 Å². The fourth-order valence-electron chi connectivity index (χ4n) is 12.0. The highest BCUT2D eigenvalue weighted by molar-refractivity contribution is 5.91. The van der Waals surface area contributed by atoms with Crippen molar-refractivity contribution in [3.8, 4) is 64.3 Å². The van der Waals surface area contributed by atoms with Crippen molar-refractivity contribution in [1.82, 2.24) is 0 Å². The minimum absolute atomic E-state index is 0.298. The van der Waals surface area contributed by atoms with Gasteiger partial charge < -0.3 is 23.7 Å². The molecule has 0 heterocycles. The molecule has 0 aliphatic carbocycles. The molecule has 5 aromatic carbocycles. The minimum Gasteiger partial charge on any atom is -0.494 e. The standard InChI is InChI=1S/C89H126O6/c1-5-9-13-17-21-25-29-33-37-41-45-71-91-84-63-52-77(53-64-84)49-58-81-75-83(60-51-79-56-67-86(68-57-79)93-73-47-43-39-35-31-27-23-19-15-11-7-3)88(95-89(90)80-61-69-87(70-62-80)94-74-48-44-40-36-32-28-24-20-16-12-8-4)76-82(81)59-50-78-54-65-85(66-55-78)92-72-46-42-38-34-30-26-22-18-14-10-6-2/h52-57,61-70,75-76H,5-48,71-74H2,1-4H3. The number of hydrogen-bond acceptors (Lipinski definition) is 6. The molecule has 0 atom stereocenters. The largest absolute Gasteiger partial charge is 0.494 e. The first-order valence-electron chi connectivity index (χ1n) is 38.9. The predicted molar refractivity (Wildman–Crippen MR) is 403 cm³/mol. The maximum atomic E-state index is 14.2. The zero-order chi connectivity index (χ0) is 67.0. The van der Waals surface area contributed by atoms with Crippen LogP contribution in [0.3, 0.4) is 0 Å². The van der Waals surface area contributed by atoms with E-state index in [9.17, 15) is 4.79 Å². The van der Waals surface area contributed by atoms with Gasteiger partial charge in [-0.25, -0.2) is 4.79 Å². The van der Waals surface area contributed by atoms with Gasteiger partial charge in [-0.05, 0) is 135 Å². The number of carbonyl (C=O) groups excluding carboxylic acids is 1. The van der Waals surface area contributed by atoms with Gasteiger partial charge in [-0.3, -0.25) is 0 Å². The monoisotopic (exact) mass is 1290 g/mol. The summed E-state index contributed by atoms with van der Waals surface area (Å²) < 4.78 is 31.0. The zero-order valence-electron chi connectivity index (χ0n) is 60.3. The lowest BCUT2D eigenvalue weighted by Gasteiger charge is -2.10. The van der Waals surface area contributed by atoms with E-state index in [-0.39, 0.29) is 0 Å². The van der Waals surface area contributed by atoms with Gasteiger partial charge in [0.15, 0.2) is 0 Å². The van der Waals surface area contributed by atoms with Crippen molar-refractivity contribution in [2.45, 2.75) is 310 Å². The number of rotatable bonds is 54. The molecule has 0 aliphatic heterocycles. The first kappa shape index (κ1) is 79.1. The Labute approximate surface area is 580 Å². The Kier molecular flexibility index (Phi) is 45.5. The summed E-state index contributed by atoms with van der Waals surface area (Å²) in [5.74, 6) is 23.4. The third kappa shape index (κ3) is 38.7. The van der Waals surface area contributed by atoms with Crippen molar-refractivity contribution >= 4 is 5.97 Å². The van der Waals surface area contributed by atoms with Gasteiger partial charge in [0.2, 0.25) is 0 Å². The molecule has 0 spiro atoms. The average molecular weight is 1290 g/mol. The number of ether oxygens (including phenoxy) is 5. The lowest BCUT2D eigenvalue weighted by Crippen LogP contribution is -2.10. The molecule has 0 aliphatic rings. The first-order valence-corrected chi connectivity index (χ1v) is 38.9. The van der Waals surface area contributed by atoms with Crippen LogP contribution in [-0.4, -0.2) is 32.4 Å². The second-order valence-corrected chi connectivity index (χ2v) is 26.7. The minimum atomic E-state index is -0.503. The van der Waals surface area contributed by atoms with Crippen LogP contribution in [-0.2, 0) is 0 Å².